The maximum absolute atomic E-state index is 13.5. The van der Waals surface area contributed by atoms with Crippen molar-refractivity contribution in [3.8, 4) is 11.5 Å². The number of carbonyl (C=O) groups is 1. The van der Waals surface area contributed by atoms with Gasteiger partial charge in [0.2, 0.25) is 0 Å². The third-order valence-electron chi connectivity index (χ3n) is 5.14. The molecule has 1 aliphatic rings. The highest BCUT2D eigenvalue weighted by Crippen LogP contribution is 2.35. The Morgan fingerprint density at radius 2 is 1.94 bits per heavy atom. The molecule has 3 aromatic rings. The number of benzene rings is 2. The van der Waals surface area contributed by atoms with E-state index in [1.165, 1.54) is 15.9 Å². The summed E-state index contributed by atoms with van der Waals surface area (Å²) >= 11 is 1.24. The van der Waals surface area contributed by atoms with E-state index in [0.717, 1.165) is 5.56 Å². The van der Waals surface area contributed by atoms with Gasteiger partial charge in [0.25, 0.3) is 5.56 Å². The Bertz CT molecular complexity index is 1380. The van der Waals surface area contributed by atoms with Crippen LogP contribution in [-0.4, -0.2) is 29.4 Å². The molecule has 2 aromatic carbocycles. The maximum Gasteiger partial charge on any atom is 0.338 e. The highest BCUT2D eigenvalue weighted by Gasteiger charge is 2.34. The molecular weight excluding hydrogens is 428 g/mol. The molecule has 0 spiro atoms. The average molecular weight is 451 g/mol. The number of carbonyl (C=O) groups excluding carboxylic acids is 1. The number of thiazole rings is 1. The van der Waals surface area contributed by atoms with Gasteiger partial charge in [-0.05, 0) is 43.7 Å². The van der Waals surface area contributed by atoms with Crippen molar-refractivity contribution in [1.82, 2.24) is 4.57 Å². The van der Waals surface area contributed by atoms with Crippen LogP contribution in [-0.2, 0) is 9.53 Å². The number of hydrogen-bond acceptors (Lipinski definition) is 7. The quantitative estimate of drug-likeness (QED) is 0.604. The zero-order valence-electron chi connectivity index (χ0n) is 17.9. The highest BCUT2D eigenvalue weighted by atomic mass is 32.1. The van der Waals surface area contributed by atoms with E-state index < -0.39 is 12.0 Å². The summed E-state index contributed by atoms with van der Waals surface area (Å²) in [4.78, 5) is 31.5. The normalized spacial score (nSPS) is 15.8. The Kier molecular flexibility index (Phi) is 5.96. The van der Waals surface area contributed by atoms with Crippen LogP contribution in [0.1, 0.15) is 31.0 Å². The lowest BCUT2D eigenvalue weighted by Crippen LogP contribution is -2.40. The van der Waals surface area contributed by atoms with Crippen molar-refractivity contribution >= 4 is 23.4 Å². The molecule has 8 heteroatoms. The summed E-state index contributed by atoms with van der Waals surface area (Å²) in [6.45, 7) is 3.68. The second kappa shape index (κ2) is 8.84. The Morgan fingerprint density at radius 1 is 1.22 bits per heavy atom. The Labute approximate surface area is 188 Å². The standard InChI is InChI=1S/C24H22N2O5S/c1-4-31-23(29)20-14(2)25-24-26(21(20)17-7-5-6-8-18(17)30-3)22(28)19(32-24)13-15-9-11-16(27)12-10-15/h5-13,21,27H,4H2,1-3H3/b19-13+/t21-/m1/s1. The number of esters is 1. The van der Waals surface area contributed by atoms with Gasteiger partial charge in [0.15, 0.2) is 4.80 Å². The lowest BCUT2D eigenvalue weighted by Gasteiger charge is -2.25. The van der Waals surface area contributed by atoms with E-state index in [2.05, 4.69) is 4.99 Å². The third-order valence-corrected chi connectivity index (χ3v) is 6.12. The Morgan fingerprint density at radius 3 is 2.62 bits per heavy atom. The first-order valence-electron chi connectivity index (χ1n) is 10.1. The van der Waals surface area contributed by atoms with Gasteiger partial charge in [-0.3, -0.25) is 9.36 Å². The number of aromatic nitrogens is 1. The molecule has 32 heavy (non-hydrogen) atoms. The molecule has 0 saturated carbocycles. The van der Waals surface area contributed by atoms with Gasteiger partial charge in [0.1, 0.15) is 17.5 Å². The van der Waals surface area contributed by atoms with Crippen molar-refractivity contribution < 1.29 is 19.4 Å². The SMILES string of the molecule is CCOC(=O)C1=C(C)N=c2s/c(=C/c3ccc(O)cc3)c(=O)n2[C@@H]1c1ccccc1OC. The topological polar surface area (TPSA) is 90.1 Å². The molecule has 0 unspecified atom stereocenters. The molecular formula is C24H22N2O5S. The van der Waals surface area contributed by atoms with Crippen LogP contribution in [0.5, 0.6) is 11.5 Å². The van der Waals surface area contributed by atoms with Gasteiger partial charge in [-0.15, -0.1) is 0 Å². The molecule has 0 saturated heterocycles. The average Bonchev–Trinajstić information content (AvgIpc) is 3.09. The second-order valence-corrected chi connectivity index (χ2v) is 8.14. The van der Waals surface area contributed by atoms with Gasteiger partial charge in [-0.1, -0.05) is 41.7 Å². The zero-order chi connectivity index (χ0) is 22.8. The van der Waals surface area contributed by atoms with Crippen molar-refractivity contribution in [3.63, 3.8) is 0 Å². The first kappa shape index (κ1) is 21.6. The van der Waals surface area contributed by atoms with Crippen molar-refractivity contribution in [2.24, 2.45) is 4.99 Å². The fourth-order valence-corrected chi connectivity index (χ4v) is 4.75. The number of phenolic OH excluding ortho intramolecular Hbond substituents is 1. The monoisotopic (exact) mass is 450 g/mol. The van der Waals surface area contributed by atoms with Crippen LogP contribution in [0.15, 0.2) is 69.6 Å². The van der Waals surface area contributed by atoms with E-state index in [1.807, 2.05) is 18.2 Å². The molecule has 0 radical (unpaired) electrons. The molecule has 0 fully saturated rings. The summed E-state index contributed by atoms with van der Waals surface area (Å²) < 4.78 is 12.8. The predicted molar refractivity (Wildman–Crippen MR) is 121 cm³/mol. The smallest absolute Gasteiger partial charge is 0.338 e. The first-order valence-corrected chi connectivity index (χ1v) is 10.9. The second-order valence-electron chi connectivity index (χ2n) is 7.14. The van der Waals surface area contributed by atoms with Crippen LogP contribution in [0.3, 0.4) is 0 Å². The number of para-hydroxylation sites is 1. The summed E-state index contributed by atoms with van der Waals surface area (Å²) in [5, 5.41) is 9.52. The number of ether oxygens (including phenoxy) is 2. The molecule has 1 atom stereocenters. The Hall–Kier alpha value is -3.65. The van der Waals surface area contributed by atoms with Crippen molar-refractivity contribution in [2.75, 3.05) is 13.7 Å². The van der Waals surface area contributed by atoms with Crippen molar-refractivity contribution in [3.05, 3.63) is 90.6 Å². The summed E-state index contributed by atoms with van der Waals surface area (Å²) in [6.07, 6.45) is 1.74. The Balaban J connectivity index is 1.98. The number of fused-ring (bicyclic) bond motifs is 1. The molecule has 0 bridgehead atoms. The lowest BCUT2D eigenvalue weighted by molar-refractivity contribution is -0.139. The van der Waals surface area contributed by atoms with E-state index in [4.69, 9.17) is 9.47 Å². The fraction of sp³-hybridized carbons (Fsp3) is 0.208. The van der Waals surface area contributed by atoms with E-state index in [9.17, 15) is 14.7 Å². The summed E-state index contributed by atoms with van der Waals surface area (Å²) in [6, 6.07) is 13.1. The number of methoxy groups -OCH3 is 1. The van der Waals surface area contributed by atoms with Gasteiger partial charge in [-0.25, -0.2) is 9.79 Å². The van der Waals surface area contributed by atoms with Crippen LogP contribution >= 0.6 is 11.3 Å². The molecule has 0 aliphatic carbocycles. The minimum absolute atomic E-state index is 0.148. The summed E-state index contributed by atoms with van der Waals surface area (Å²) in [7, 11) is 1.55. The number of phenols is 1. The van der Waals surface area contributed by atoms with Crippen LogP contribution in [0.4, 0.5) is 0 Å². The molecule has 1 aliphatic heterocycles. The largest absolute Gasteiger partial charge is 0.508 e. The van der Waals surface area contributed by atoms with Crippen LogP contribution < -0.4 is 19.6 Å². The molecule has 2 heterocycles. The number of nitrogens with zero attached hydrogens (tertiary/aromatic N) is 2. The molecule has 164 valence electrons. The number of hydrogen-bond donors (Lipinski definition) is 1. The highest BCUT2D eigenvalue weighted by molar-refractivity contribution is 7.07. The minimum Gasteiger partial charge on any atom is -0.508 e. The lowest BCUT2D eigenvalue weighted by atomic mass is 9.95. The van der Waals surface area contributed by atoms with Gasteiger partial charge in [-0.2, -0.15) is 0 Å². The minimum atomic E-state index is -0.733. The van der Waals surface area contributed by atoms with Gasteiger partial charge >= 0.3 is 5.97 Å². The fourth-order valence-electron chi connectivity index (χ4n) is 3.70. The van der Waals surface area contributed by atoms with Crippen molar-refractivity contribution in [1.29, 1.82) is 0 Å². The maximum atomic E-state index is 13.5. The van der Waals surface area contributed by atoms with E-state index in [0.29, 0.717) is 31.9 Å². The van der Waals surface area contributed by atoms with E-state index in [1.54, 1.807) is 57.4 Å². The predicted octanol–water partition coefficient (Wildman–Crippen LogP) is 2.51. The van der Waals surface area contributed by atoms with Gasteiger partial charge in [0, 0.05) is 5.56 Å². The van der Waals surface area contributed by atoms with Crippen molar-refractivity contribution in [2.45, 2.75) is 19.9 Å². The third kappa shape index (κ3) is 3.85. The number of aromatic hydroxyl groups is 1. The number of allylic oxidation sites excluding steroid dienone is 1. The summed E-state index contributed by atoms with van der Waals surface area (Å²) in [5.41, 5.74) is 1.97. The molecule has 7 nitrogen and oxygen atoms in total. The van der Waals surface area contributed by atoms with Gasteiger partial charge < -0.3 is 14.6 Å². The molecule has 1 N–H and O–H groups in total. The van der Waals surface area contributed by atoms with E-state index in [-0.39, 0.29) is 17.9 Å². The molecule has 0 amide bonds. The number of rotatable bonds is 5. The van der Waals surface area contributed by atoms with E-state index >= 15 is 0 Å². The molecule has 4 rings (SSSR count). The summed E-state index contributed by atoms with van der Waals surface area (Å²) in [5.74, 6) is 0.189. The zero-order valence-corrected chi connectivity index (χ0v) is 18.7. The van der Waals surface area contributed by atoms with Crippen LogP contribution in [0.2, 0.25) is 0 Å². The van der Waals surface area contributed by atoms with Crippen LogP contribution in [0, 0.1) is 0 Å². The first-order chi connectivity index (χ1) is 15.4. The molecule has 1 aromatic heterocycles. The van der Waals surface area contributed by atoms with Gasteiger partial charge in [0.05, 0.1) is 29.5 Å². The van der Waals surface area contributed by atoms with Crippen LogP contribution in [0.25, 0.3) is 6.08 Å².